The van der Waals surface area contributed by atoms with Gasteiger partial charge in [-0.25, -0.2) is 4.79 Å². The predicted octanol–water partition coefficient (Wildman–Crippen LogP) is 1.82. The van der Waals surface area contributed by atoms with E-state index < -0.39 is 18.1 Å². The molecule has 2 N–H and O–H groups in total. The molecule has 0 aliphatic heterocycles. The number of nitrogen functional groups attached to an aromatic ring is 1. The Kier molecular flexibility index (Phi) is 3.16. The molecule has 0 radical (unpaired) electrons. The molecule has 0 spiro atoms. The predicted molar refractivity (Wildman–Crippen MR) is 53.1 cm³/mol. The molecule has 0 unspecified atom stereocenters. The van der Waals surface area contributed by atoms with Gasteiger partial charge in [0.2, 0.25) is 0 Å². The highest BCUT2D eigenvalue weighted by atomic mass is 19.3. The number of ether oxygens (including phenoxy) is 1. The Bertz CT molecular complexity index is 396. The first-order chi connectivity index (χ1) is 7.20. The third-order valence-electron chi connectivity index (χ3n) is 1.55. The molecule has 0 fully saturated rings. The maximum atomic E-state index is 12.5. The van der Waals surface area contributed by atoms with Crippen molar-refractivity contribution < 1.29 is 18.3 Å². The molecule has 0 aromatic carbocycles. The summed E-state index contributed by atoms with van der Waals surface area (Å²) in [5.74, 6) is -1.03. The summed E-state index contributed by atoms with van der Waals surface area (Å²) in [6.45, 7) is 1.98. The van der Waals surface area contributed by atoms with E-state index in [0.29, 0.717) is 0 Å². The van der Waals surface area contributed by atoms with Crippen LogP contribution in [0.4, 0.5) is 14.6 Å². The maximum absolute atomic E-state index is 12.5. The van der Waals surface area contributed by atoms with Gasteiger partial charge in [-0.3, -0.25) is 0 Å². The summed E-state index contributed by atoms with van der Waals surface area (Å²) in [5.41, 5.74) is 4.13. The Morgan fingerprint density at radius 2 is 2.12 bits per heavy atom. The van der Waals surface area contributed by atoms with E-state index >= 15 is 0 Å². The van der Waals surface area contributed by atoms with E-state index in [-0.39, 0.29) is 16.2 Å². The zero-order valence-corrected chi connectivity index (χ0v) is 9.20. The first-order valence-electron chi connectivity index (χ1n) is 4.57. The molecule has 0 aliphatic rings. The fraction of sp³-hybridized carbons (Fsp3) is 0.556. The van der Waals surface area contributed by atoms with Gasteiger partial charge in [0.25, 0.3) is 0 Å². The molecular weight excluding hydrogens is 220 g/mol. The summed E-state index contributed by atoms with van der Waals surface area (Å²) in [5, 5.41) is 3.30. The van der Waals surface area contributed by atoms with Gasteiger partial charge in [-0.15, -0.1) is 5.10 Å². The van der Waals surface area contributed by atoms with Crippen LogP contribution in [-0.2, 0) is 4.74 Å². The molecule has 1 rings (SSSR count). The average Bonchev–Trinajstić information content (AvgIpc) is 2.44. The highest BCUT2D eigenvalue weighted by Crippen LogP contribution is 2.18. The zero-order chi connectivity index (χ0) is 12.5. The molecule has 0 saturated carbocycles. The molecular formula is C9H13F2N3O2. The maximum Gasteiger partial charge on any atom is 0.357 e. The number of nitrogens with zero attached hydrogens (tertiary/aromatic N) is 2. The molecule has 16 heavy (non-hydrogen) atoms. The zero-order valence-electron chi connectivity index (χ0n) is 9.20. The van der Waals surface area contributed by atoms with Gasteiger partial charge in [0.1, 0.15) is 11.4 Å². The second kappa shape index (κ2) is 4.07. The quantitative estimate of drug-likeness (QED) is 0.791. The smallest absolute Gasteiger partial charge is 0.357 e. The van der Waals surface area contributed by atoms with E-state index in [1.807, 2.05) is 0 Å². The van der Waals surface area contributed by atoms with Crippen LogP contribution in [0.1, 0.15) is 37.8 Å². The van der Waals surface area contributed by atoms with Crippen molar-refractivity contribution in [3.8, 4) is 0 Å². The van der Waals surface area contributed by atoms with E-state index in [1.165, 1.54) is 0 Å². The number of aromatic nitrogens is 2. The molecule has 0 saturated heterocycles. The number of anilines is 1. The SMILES string of the molecule is CC(C)(C)OC(=O)c1cc(N)nn1C(F)F. The van der Waals surface area contributed by atoms with Crippen molar-refractivity contribution >= 4 is 11.8 Å². The summed E-state index contributed by atoms with van der Waals surface area (Å²) >= 11 is 0. The van der Waals surface area contributed by atoms with Crippen molar-refractivity contribution in [2.24, 2.45) is 0 Å². The summed E-state index contributed by atoms with van der Waals surface area (Å²) in [4.78, 5) is 11.5. The lowest BCUT2D eigenvalue weighted by molar-refractivity contribution is 0.000326. The first-order valence-corrected chi connectivity index (χ1v) is 4.57. The van der Waals surface area contributed by atoms with Crippen LogP contribution >= 0.6 is 0 Å². The third-order valence-corrected chi connectivity index (χ3v) is 1.55. The first kappa shape index (κ1) is 12.4. The number of alkyl halides is 2. The molecule has 7 heteroatoms. The molecule has 0 atom stereocenters. The third kappa shape index (κ3) is 2.91. The van der Waals surface area contributed by atoms with Gasteiger partial charge < -0.3 is 10.5 Å². The monoisotopic (exact) mass is 233 g/mol. The van der Waals surface area contributed by atoms with Crippen LogP contribution in [0, 0.1) is 0 Å². The molecule has 1 heterocycles. The number of carbonyl (C=O) groups is 1. The number of halogens is 2. The topological polar surface area (TPSA) is 70.1 Å². The lowest BCUT2D eigenvalue weighted by atomic mass is 10.2. The van der Waals surface area contributed by atoms with Crippen LogP contribution in [-0.4, -0.2) is 21.4 Å². The standard InChI is InChI=1S/C9H13F2N3O2/c1-9(2,3)16-7(15)5-4-6(12)13-14(5)8(10)11/h4,8H,1-3H3,(H2,12,13). The van der Waals surface area contributed by atoms with Crippen LogP contribution in [0.25, 0.3) is 0 Å². The minimum Gasteiger partial charge on any atom is -0.455 e. The molecule has 0 amide bonds. The Balaban J connectivity index is 2.99. The largest absolute Gasteiger partial charge is 0.455 e. The number of esters is 1. The van der Waals surface area contributed by atoms with Gasteiger partial charge in [0.05, 0.1) is 0 Å². The van der Waals surface area contributed by atoms with Crippen LogP contribution < -0.4 is 5.73 Å². The Hall–Kier alpha value is -1.66. The minimum atomic E-state index is -2.93. The van der Waals surface area contributed by atoms with Crippen LogP contribution in [0.2, 0.25) is 0 Å². The van der Waals surface area contributed by atoms with Gasteiger partial charge in [-0.1, -0.05) is 0 Å². The summed E-state index contributed by atoms with van der Waals surface area (Å²) in [7, 11) is 0. The molecule has 1 aromatic heterocycles. The van der Waals surface area contributed by atoms with Gasteiger partial charge in [-0.05, 0) is 20.8 Å². The van der Waals surface area contributed by atoms with E-state index in [1.54, 1.807) is 20.8 Å². The summed E-state index contributed by atoms with van der Waals surface area (Å²) < 4.78 is 30.1. The number of rotatable bonds is 2. The van der Waals surface area contributed by atoms with Crippen LogP contribution in [0.3, 0.4) is 0 Å². The van der Waals surface area contributed by atoms with Crippen molar-refractivity contribution in [2.75, 3.05) is 5.73 Å². The van der Waals surface area contributed by atoms with E-state index in [2.05, 4.69) is 5.10 Å². The van der Waals surface area contributed by atoms with E-state index in [9.17, 15) is 13.6 Å². The highest BCUT2D eigenvalue weighted by Gasteiger charge is 2.25. The van der Waals surface area contributed by atoms with Crippen molar-refractivity contribution in [1.29, 1.82) is 0 Å². The lowest BCUT2D eigenvalue weighted by Crippen LogP contribution is -2.25. The van der Waals surface area contributed by atoms with E-state index in [4.69, 9.17) is 10.5 Å². The summed E-state index contributed by atoms with van der Waals surface area (Å²) in [6, 6.07) is 1.06. The average molecular weight is 233 g/mol. The number of nitrogens with two attached hydrogens (primary N) is 1. The van der Waals surface area contributed by atoms with Gasteiger partial charge in [0, 0.05) is 6.07 Å². The van der Waals surface area contributed by atoms with E-state index in [0.717, 1.165) is 6.07 Å². The van der Waals surface area contributed by atoms with Crippen molar-refractivity contribution in [1.82, 2.24) is 9.78 Å². The summed E-state index contributed by atoms with van der Waals surface area (Å²) in [6.07, 6.45) is 0. The molecule has 5 nitrogen and oxygen atoms in total. The number of hydrogen-bond donors (Lipinski definition) is 1. The number of carbonyl (C=O) groups excluding carboxylic acids is 1. The van der Waals surface area contributed by atoms with Gasteiger partial charge in [-0.2, -0.15) is 13.5 Å². The molecule has 0 aliphatic carbocycles. The fourth-order valence-electron chi connectivity index (χ4n) is 1.04. The van der Waals surface area contributed by atoms with Crippen LogP contribution in [0.15, 0.2) is 6.07 Å². The molecule has 0 bridgehead atoms. The normalized spacial score (nSPS) is 11.9. The van der Waals surface area contributed by atoms with Crippen molar-refractivity contribution in [3.05, 3.63) is 11.8 Å². The lowest BCUT2D eigenvalue weighted by Gasteiger charge is -2.19. The highest BCUT2D eigenvalue weighted by molar-refractivity contribution is 5.88. The molecule has 1 aromatic rings. The Morgan fingerprint density at radius 1 is 1.56 bits per heavy atom. The van der Waals surface area contributed by atoms with Gasteiger partial charge >= 0.3 is 12.5 Å². The Labute approximate surface area is 91.2 Å². The molecule has 90 valence electrons. The minimum absolute atomic E-state index is 0.152. The van der Waals surface area contributed by atoms with Crippen molar-refractivity contribution in [3.63, 3.8) is 0 Å². The second-order valence-corrected chi connectivity index (χ2v) is 4.18. The second-order valence-electron chi connectivity index (χ2n) is 4.18. The van der Waals surface area contributed by atoms with Gasteiger partial charge in [0.15, 0.2) is 5.69 Å². The Morgan fingerprint density at radius 3 is 2.56 bits per heavy atom. The number of hydrogen-bond acceptors (Lipinski definition) is 4. The fourth-order valence-corrected chi connectivity index (χ4v) is 1.04. The van der Waals surface area contributed by atoms with Crippen molar-refractivity contribution in [2.45, 2.75) is 32.9 Å². The van der Waals surface area contributed by atoms with Crippen LogP contribution in [0.5, 0.6) is 0 Å².